The summed E-state index contributed by atoms with van der Waals surface area (Å²) in [6.45, 7) is 0.647. The number of amides is 2. The number of nitrogens with zero attached hydrogens (tertiary/aromatic N) is 1. The Bertz CT molecular complexity index is 1050. The van der Waals surface area contributed by atoms with Gasteiger partial charge in [0.05, 0.1) is 15.4 Å². The molecule has 2 amide bonds. The summed E-state index contributed by atoms with van der Waals surface area (Å²) in [6, 6.07) is 18.9. The number of rotatable bonds is 8. The Morgan fingerprint density at radius 1 is 1.06 bits per heavy atom. The number of carbonyl (C=O) groups excluding carboxylic acids is 2. The molecule has 1 saturated heterocycles. The van der Waals surface area contributed by atoms with Gasteiger partial charge < -0.3 is 10.1 Å². The van der Waals surface area contributed by atoms with Crippen molar-refractivity contribution in [3.05, 3.63) is 71.1 Å². The van der Waals surface area contributed by atoms with Gasteiger partial charge in [0, 0.05) is 19.4 Å². The second-order valence-electron chi connectivity index (χ2n) is 7.45. The molecule has 0 bridgehead atoms. The molecular formula is C24H25N3O4S. The molecule has 1 fully saturated rings. The second kappa shape index (κ2) is 11.0. The number of benzene rings is 1. The van der Waals surface area contributed by atoms with Crippen molar-refractivity contribution in [2.24, 2.45) is 0 Å². The van der Waals surface area contributed by atoms with E-state index < -0.39 is 6.29 Å². The number of aryl methyl sites for hydroxylation is 1. The molecule has 1 unspecified atom stereocenters. The third-order valence-electron chi connectivity index (χ3n) is 5.00. The van der Waals surface area contributed by atoms with Crippen LogP contribution in [-0.2, 0) is 20.8 Å². The maximum absolute atomic E-state index is 12.4. The number of nitrogens with one attached hydrogen (secondary N) is 2. The largest absolute Gasteiger partial charge is 0.350 e. The van der Waals surface area contributed by atoms with Gasteiger partial charge in [0.1, 0.15) is 5.82 Å². The second-order valence-corrected chi connectivity index (χ2v) is 8.53. The van der Waals surface area contributed by atoms with Crippen LogP contribution in [0.15, 0.2) is 60.7 Å². The Hall–Kier alpha value is -3.07. The first-order valence-electron chi connectivity index (χ1n) is 10.7. The quantitative estimate of drug-likeness (QED) is 0.490. The van der Waals surface area contributed by atoms with E-state index in [2.05, 4.69) is 15.8 Å². The molecule has 0 radical (unpaired) electrons. The van der Waals surface area contributed by atoms with E-state index in [1.165, 1.54) is 11.3 Å². The number of carbonyl (C=O) groups is 2. The molecule has 3 aromatic rings. The fourth-order valence-corrected chi connectivity index (χ4v) is 4.18. The Morgan fingerprint density at radius 2 is 1.94 bits per heavy atom. The van der Waals surface area contributed by atoms with Crippen molar-refractivity contribution in [3.8, 4) is 10.6 Å². The van der Waals surface area contributed by atoms with Crippen molar-refractivity contribution in [1.29, 1.82) is 0 Å². The Kier molecular flexibility index (Phi) is 7.60. The summed E-state index contributed by atoms with van der Waals surface area (Å²) in [5, 5.41) is 2.85. The molecule has 1 atom stereocenters. The molecule has 1 aliphatic heterocycles. The van der Waals surface area contributed by atoms with Gasteiger partial charge in [-0.05, 0) is 49.1 Å². The summed E-state index contributed by atoms with van der Waals surface area (Å²) >= 11 is 1.31. The monoisotopic (exact) mass is 451 g/mol. The summed E-state index contributed by atoms with van der Waals surface area (Å²) < 4.78 is 5.45. The van der Waals surface area contributed by atoms with Gasteiger partial charge in [-0.25, -0.2) is 15.3 Å². The summed E-state index contributed by atoms with van der Waals surface area (Å²) in [5.74, 6) is 0.0744. The first-order chi connectivity index (χ1) is 15.7. The Morgan fingerprint density at radius 3 is 2.75 bits per heavy atom. The van der Waals surface area contributed by atoms with E-state index in [4.69, 9.17) is 9.57 Å². The number of aromatic nitrogens is 1. The molecule has 0 saturated carbocycles. The van der Waals surface area contributed by atoms with Gasteiger partial charge in [-0.3, -0.25) is 9.59 Å². The highest BCUT2D eigenvalue weighted by atomic mass is 32.1. The van der Waals surface area contributed by atoms with Gasteiger partial charge in [0.2, 0.25) is 5.91 Å². The zero-order valence-electron chi connectivity index (χ0n) is 17.6. The zero-order valence-corrected chi connectivity index (χ0v) is 18.4. The van der Waals surface area contributed by atoms with Gasteiger partial charge in [-0.2, -0.15) is 0 Å². The number of anilines is 1. The minimum atomic E-state index is -0.393. The Balaban J connectivity index is 1.32. The number of hydrogen-bond donors (Lipinski definition) is 2. The molecular weight excluding hydrogens is 426 g/mol. The third-order valence-corrected chi connectivity index (χ3v) is 6.11. The normalized spacial score (nSPS) is 15.8. The van der Waals surface area contributed by atoms with Crippen LogP contribution in [0.3, 0.4) is 0 Å². The molecule has 7 nitrogen and oxygen atoms in total. The molecule has 2 N–H and O–H groups in total. The maximum Gasteiger partial charge on any atom is 0.285 e. The van der Waals surface area contributed by atoms with E-state index in [1.807, 2.05) is 48.5 Å². The van der Waals surface area contributed by atoms with Crippen molar-refractivity contribution in [2.75, 3.05) is 11.9 Å². The van der Waals surface area contributed by atoms with Gasteiger partial charge in [0.25, 0.3) is 5.91 Å². The minimum absolute atomic E-state index is 0.0909. The third kappa shape index (κ3) is 6.23. The summed E-state index contributed by atoms with van der Waals surface area (Å²) in [7, 11) is 0. The summed E-state index contributed by atoms with van der Waals surface area (Å²) in [4.78, 5) is 35.9. The smallest absolute Gasteiger partial charge is 0.285 e. The summed E-state index contributed by atoms with van der Waals surface area (Å²) in [5.41, 5.74) is 4.27. The average molecular weight is 452 g/mol. The highest BCUT2D eigenvalue weighted by Gasteiger charge is 2.17. The maximum atomic E-state index is 12.4. The van der Waals surface area contributed by atoms with E-state index in [9.17, 15) is 9.59 Å². The van der Waals surface area contributed by atoms with Crippen LogP contribution in [0.1, 0.15) is 40.9 Å². The summed E-state index contributed by atoms with van der Waals surface area (Å²) in [6.07, 6.45) is 3.46. The van der Waals surface area contributed by atoms with Crippen molar-refractivity contribution < 1.29 is 19.2 Å². The molecule has 32 heavy (non-hydrogen) atoms. The van der Waals surface area contributed by atoms with Crippen molar-refractivity contribution in [1.82, 2.24) is 10.5 Å². The predicted molar refractivity (Wildman–Crippen MR) is 123 cm³/mol. The molecule has 0 aliphatic carbocycles. The van der Waals surface area contributed by atoms with Crippen LogP contribution in [0, 0.1) is 0 Å². The molecule has 4 rings (SSSR count). The number of hydrogen-bond acceptors (Lipinski definition) is 6. The van der Waals surface area contributed by atoms with Crippen LogP contribution < -0.4 is 10.8 Å². The fraction of sp³-hybridized carbons (Fsp3) is 0.292. The fourth-order valence-electron chi connectivity index (χ4n) is 3.32. The van der Waals surface area contributed by atoms with Crippen LogP contribution in [0.5, 0.6) is 0 Å². The lowest BCUT2D eigenvalue weighted by atomic mass is 10.1. The van der Waals surface area contributed by atoms with Crippen LogP contribution in [0.4, 0.5) is 5.82 Å². The van der Waals surface area contributed by atoms with Gasteiger partial charge in [-0.1, -0.05) is 36.4 Å². The predicted octanol–water partition coefficient (Wildman–Crippen LogP) is 4.57. The molecule has 0 spiro atoms. The average Bonchev–Trinajstić information content (AvgIpc) is 3.33. The SMILES string of the molecule is O=C(CCc1ccccc1)Nc1cccc(-c2ccc(C(=O)NOC3CCCCO3)s2)n1. The Labute approximate surface area is 190 Å². The van der Waals surface area contributed by atoms with E-state index in [-0.39, 0.29) is 11.8 Å². The first kappa shape index (κ1) is 22.1. The van der Waals surface area contributed by atoms with Crippen molar-refractivity contribution >= 4 is 29.0 Å². The first-order valence-corrected chi connectivity index (χ1v) is 11.5. The lowest BCUT2D eigenvalue weighted by Gasteiger charge is -2.21. The molecule has 1 aromatic carbocycles. The van der Waals surface area contributed by atoms with E-state index in [1.54, 1.807) is 12.1 Å². The molecule has 8 heteroatoms. The highest BCUT2D eigenvalue weighted by Crippen LogP contribution is 2.27. The van der Waals surface area contributed by atoms with Gasteiger partial charge in [-0.15, -0.1) is 11.3 Å². The lowest BCUT2D eigenvalue weighted by molar-refractivity contribution is -0.186. The van der Waals surface area contributed by atoms with Crippen LogP contribution in [0.25, 0.3) is 10.6 Å². The van der Waals surface area contributed by atoms with E-state index in [0.29, 0.717) is 35.8 Å². The molecule has 166 valence electrons. The van der Waals surface area contributed by atoms with Crippen molar-refractivity contribution in [2.45, 2.75) is 38.4 Å². The van der Waals surface area contributed by atoms with Crippen molar-refractivity contribution in [3.63, 3.8) is 0 Å². The minimum Gasteiger partial charge on any atom is -0.350 e. The van der Waals surface area contributed by atoms with Gasteiger partial charge >= 0.3 is 0 Å². The topological polar surface area (TPSA) is 89.6 Å². The van der Waals surface area contributed by atoms with Crippen LogP contribution in [-0.4, -0.2) is 29.7 Å². The molecule has 1 aliphatic rings. The number of pyridine rings is 1. The molecule has 2 aromatic heterocycles. The number of ether oxygens (including phenoxy) is 1. The number of thiophene rings is 1. The van der Waals surface area contributed by atoms with Crippen LogP contribution in [0.2, 0.25) is 0 Å². The van der Waals surface area contributed by atoms with E-state index in [0.717, 1.165) is 29.7 Å². The van der Waals surface area contributed by atoms with Crippen LogP contribution >= 0.6 is 11.3 Å². The lowest BCUT2D eigenvalue weighted by Crippen LogP contribution is -2.32. The van der Waals surface area contributed by atoms with Gasteiger partial charge in [0.15, 0.2) is 6.29 Å². The zero-order chi connectivity index (χ0) is 22.2. The molecule has 3 heterocycles. The standard InChI is InChI=1S/C24H25N3O4S/c28-22(15-12-17-7-2-1-3-8-17)26-21-10-6-9-18(25-21)19-13-14-20(32-19)24(29)27-31-23-11-4-5-16-30-23/h1-3,6-10,13-14,23H,4-5,11-12,15-16H2,(H,27,29)(H,25,26,28). The highest BCUT2D eigenvalue weighted by molar-refractivity contribution is 7.17. The number of hydroxylamine groups is 1. The van der Waals surface area contributed by atoms with E-state index >= 15 is 0 Å².